The maximum Gasteiger partial charge on any atom is 0.419 e. The Balaban J connectivity index is 1.74. The summed E-state index contributed by atoms with van der Waals surface area (Å²) in [5.41, 5.74) is -0.577. The summed E-state index contributed by atoms with van der Waals surface area (Å²) in [4.78, 5) is 0. The van der Waals surface area contributed by atoms with Gasteiger partial charge >= 0.3 is 6.18 Å². The molecule has 3 aromatic rings. The number of rotatable bonds is 8. The monoisotopic (exact) mass is 466 g/mol. The van der Waals surface area contributed by atoms with Crippen molar-refractivity contribution in [1.82, 2.24) is 0 Å². The van der Waals surface area contributed by atoms with Gasteiger partial charge in [0, 0.05) is 5.02 Å². The molecular weight excluding hydrogens is 448 g/mol. The highest BCUT2D eigenvalue weighted by atomic mass is 35.5. The van der Waals surface area contributed by atoms with Gasteiger partial charge in [-0.25, -0.2) is 4.39 Å². The zero-order valence-electron chi connectivity index (χ0n) is 17.0. The van der Waals surface area contributed by atoms with Crippen LogP contribution in [0.2, 0.25) is 5.02 Å². The molecule has 0 fully saturated rings. The molecule has 0 amide bonds. The molecule has 0 heterocycles. The van der Waals surface area contributed by atoms with Crippen molar-refractivity contribution < 1.29 is 31.8 Å². The molecule has 8 heteroatoms. The number of ether oxygens (including phenoxy) is 3. The molecule has 0 saturated heterocycles. The first-order chi connectivity index (χ1) is 15.3. The molecule has 3 aromatic carbocycles. The Morgan fingerprint density at radius 2 is 1.59 bits per heavy atom. The van der Waals surface area contributed by atoms with E-state index in [0.717, 1.165) is 6.07 Å². The van der Waals surface area contributed by atoms with Crippen LogP contribution in [-0.2, 0) is 11.3 Å². The van der Waals surface area contributed by atoms with Gasteiger partial charge in [0.15, 0.2) is 11.6 Å². The Kier molecular flexibility index (Phi) is 7.64. The van der Waals surface area contributed by atoms with Gasteiger partial charge in [0.25, 0.3) is 0 Å². The van der Waals surface area contributed by atoms with Crippen molar-refractivity contribution >= 4 is 17.2 Å². The predicted molar refractivity (Wildman–Crippen MR) is 114 cm³/mol. The zero-order chi connectivity index (χ0) is 23.1. The molecule has 0 unspecified atom stereocenters. The smallest absolute Gasteiger partial charge is 0.419 e. The molecule has 0 aromatic heterocycles. The van der Waals surface area contributed by atoms with E-state index in [0.29, 0.717) is 35.0 Å². The molecule has 0 aliphatic carbocycles. The minimum Gasteiger partial charge on any atom is -0.496 e. The third-order valence-electron chi connectivity index (χ3n) is 4.27. The largest absolute Gasteiger partial charge is 0.496 e. The Morgan fingerprint density at radius 1 is 0.938 bits per heavy atom. The maximum absolute atomic E-state index is 14.1. The fourth-order valence-corrected chi connectivity index (χ4v) is 2.89. The second-order valence-electron chi connectivity index (χ2n) is 6.62. The molecule has 0 aliphatic heterocycles. The van der Waals surface area contributed by atoms with E-state index in [4.69, 9.17) is 25.8 Å². The molecule has 3 rings (SSSR count). The van der Waals surface area contributed by atoms with Crippen molar-refractivity contribution in [3.8, 4) is 17.2 Å². The minimum atomic E-state index is -4.63. The summed E-state index contributed by atoms with van der Waals surface area (Å²) in [6, 6.07) is 15.8. The predicted octanol–water partition coefficient (Wildman–Crippen LogP) is 7.79. The second kappa shape index (κ2) is 10.4. The third kappa shape index (κ3) is 6.40. The third-order valence-corrected chi connectivity index (χ3v) is 4.52. The number of allylic oxidation sites excluding steroid dienone is 1. The average Bonchev–Trinajstić information content (AvgIpc) is 2.75. The summed E-state index contributed by atoms with van der Waals surface area (Å²) < 4.78 is 70.6. The number of halogens is 5. The van der Waals surface area contributed by atoms with Gasteiger partial charge in [-0.1, -0.05) is 29.8 Å². The summed E-state index contributed by atoms with van der Waals surface area (Å²) in [6.45, 7) is 1.98. The van der Waals surface area contributed by atoms with Crippen molar-refractivity contribution in [3.05, 3.63) is 95.0 Å². The summed E-state index contributed by atoms with van der Waals surface area (Å²) >= 11 is 5.81. The van der Waals surface area contributed by atoms with Crippen LogP contribution in [0.5, 0.6) is 17.2 Å². The molecule has 3 nitrogen and oxygen atoms in total. The lowest BCUT2D eigenvalue weighted by atomic mass is 10.1. The molecular formula is C24H19ClF4O3. The topological polar surface area (TPSA) is 27.7 Å². The van der Waals surface area contributed by atoms with Crippen LogP contribution in [0.3, 0.4) is 0 Å². The van der Waals surface area contributed by atoms with E-state index in [1.54, 1.807) is 31.2 Å². The van der Waals surface area contributed by atoms with Crippen LogP contribution in [-0.4, -0.2) is 12.8 Å². The van der Waals surface area contributed by atoms with E-state index in [9.17, 15) is 17.6 Å². The quantitative estimate of drug-likeness (QED) is 0.250. The number of benzene rings is 3. The molecule has 0 aliphatic rings. The molecule has 0 radical (unpaired) electrons. The molecule has 32 heavy (non-hydrogen) atoms. The van der Waals surface area contributed by atoms with Crippen molar-refractivity contribution in [2.45, 2.75) is 19.7 Å². The van der Waals surface area contributed by atoms with Crippen molar-refractivity contribution in [1.29, 1.82) is 0 Å². The summed E-state index contributed by atoms with van der Waals surface area (Å²) in [6.07, 6.45) is -3.97. The fraction of sp³-hybridized carbons (Fsp3) is 0.167. The number of hydrogen-bond donors (Lipinski definition) is 0. The highest BCUT2D eigenvalue weighted by Crippen LogP contribution is 2.35. The average molecular weight is 467 g/mol. The van der Waals surface area contributed by atoms with Crippen LogP contribution < -0.4 is 9.47 Å². The van der Waals surface area contributed by atoms with Crippen LogP contribution >= 0.6 is 11.6 Å². The number of alkyl halides is 3. The van der Waals surface area contributed by atoms with Crippen LogP contribution in [0.15, 0.2) is 73.0 Å². The lowest BCUT2D eigenvalue weighted by Gasteiger charge is -2.13. The molecule has 0 N–H and O–H groups in total. The van der Waals surface area contributed by atoms with E-state index in [1.165, 1.54) is 36.4 Å². The molecule has 0 saturated carbocycles. The highest BCUT2D eigenvalue weighted by molar-refractivity contribution is 6.30. The van der Waals surface area contributed by atoms with Gasteiger partial charge in [-0.2, -0.15) is 13.2 Å². The Labute approximate surface area is 187 Å². The standard InChI is InChI=1S/C24H19ClF4O3/c1-2-31-19-8-4-17(5-9-19)21(24(27,28)29)15-30-14-16-3-12-22(26)23(13-16)32-20-10-6-18(25)7-11-20/h3-13,15H,2,14H2,1H3. The first kappa shape index (κ1) is 23.5. The van der Waals surface area contributed by atoms with Crippen LogP contribution in [0.1, 0.15) is 18.1 Å². The van der Waals surface area contributed by atoms with Crippen LogP contribution in [0.25, 0.3) is 5.57 Å². The van der Waals surface area contributed by atoms with E-state index in [-0.39, 0.29) is 17.9 Å². The molecule has 0 spiro atoms. The van der Waals surface area contributed by atoms with Gasteiger partial charge < -0.3 is 14.2 Å². The van der Waals surface area contributed by atoms with Crippen molar-refractivity contribution in [2.75, 3.05) is 6.61 Å². The first-order valence-corrected chi connectivity index (χ1v) is 9.98. The Morgan fingerprint density at radius 3 is 2.22 bits per heavy atom. The molecule has 168 valence electrons. The number of hydrogen-bond acceptors (Lipinski definition) is 3. The van der Waals surface area contributed by atoms with Crippen LogP contribution in [0, 0.1) is 5.82 Å². The maximum atomic E-state index is 14.1. The van der Waals surface area contributed by atoms with Gasteiger partial charge in [0.1, 0.15) is 18.1 Å². The van der Waals surface area contributed by atoms with Gasteiger partial charge in [0.2, 0.25) is 0 Å². The van der Waals surface area contributed by atoms with Crippen molar-refractivity contribution in [3.63, 3.8) is 0 Å². The van der Waals surface area contributed by atoms with Gasteiger partial charge in [-0.15, -0.1) is 0 Å². The SMILES string of the molecule is CCOc1ccc(C(=COCc2ccc(F)c(Oc3ccc(Cl)cc3)c2)C(F)(F)F)cc1. The van der Waals surface area contributed by atoms with E-state index in [2.05, 4.69) is 0 Å². The lowest BCUT2D eigenvalue weighted by molar-refractivity contribution is -0.0704. The van der Waals surface area contributed by atoms with E-state index in [1.807, 2.05) is 0 Å². The Hall–Kier alpha value is -3.19. The van der Waals surface area contributed by atoms with Gasteiger partial charge in [-0.3, -0.25) is 0 Å². The van der Waals surface area contributed by atoms with Crippen LogP contribution in [0.4, 0.5) is 17.6 Å². The zero-order valence-corrected chi connectivity index (χ0v) is 17.7. The van der Waals surface area contributed by atoms with Gasteiger partial charge in [0.05, 0.1) is 18.4 Å². The minimum absolute atomic E-state index is 0.0631. The lowest BCUT2D eigenvalue weighted by Crippen LogP contribution is -2.11. The van der Waals surface area contributed by atoms with E-state index >= 15 is 0 Å². The Bertz CT molecular complexity index is 1060. The first-order valence-electron chi connectivity index (χ1n) is 9.60. The molecule has 0 atom stereocenters. The van der Waals surface area contributed by atoms with Gasteiger partial charge in [-0.05, 0) is 66.6 Å². The normalized spacial score (nSPS) is 11.9. The second-order valence-corrected chi connectivity index (χ2v) is 7.05. The molecule has 0 bridgehead atoms. The fourth-order valence-electron chi connectivity index (χ4n) is 2.76. The van der Waals surface area contributed by atoms with E-state index < -0.39 is 17.6 Å². The summed E-state index contributed by atoms with van der Waals surface area (Å²) in [7, 11) is 0. The van der Waals surface area contributed by atoms with Crippen molar-refractivity contribution in [2.24, 2.45) is 0 Å². The summed E-state index contributed by atoms with van der Waals surface area (Å²) in [5, 5.41) is 0.500. The summed E-state index contributed by atoms with van der Waals surface area (Å²) in [5.74, 6) is 0.129. The highest BCUT2D eigenvalue weighted by Gasteiger charge is 2.35.